The number of phenols is 1. The number of amides is 1. The Hall–Kier alpha value is -3.15. The van der Waals surface area contributed by atoms with Gasteiger partial charge in [-0.3, -0.25) is 14.2 Å². The number of carbonyl (C=O) groups excluding carboxylic acids is 1. The second-order valence-corrected chi connectivity index (χ2v) is 11.6. The monoisotopic (exact) mass is 612 g/mol. The molecule has 0 fully saturated rings. The summed E-state index contributed by atoms with van der Waals surface area (Å²) < 4.78 is 7.87. The first kappa shape index (κ1) is 26.5. The maximum atomic E-state index is 13.8. The molecule has 1 aliphatic rings. The van der Waals surface area contributed by atoms with Crippen LogP contribution in [0.3, 0.4) is 0 Å². The van der Waals surface area contributed by atoms with Gasteiger partial charge in [0.1, 0.15) is 4.83 Å². The van der Waals surface area contributed by atoms with Crippen molar-refractivity contribution < 1.29 is 14.6 Å². The van der Waals surface area contributed by atoms with Crippen LogP contribution in [0.15, 0.2) is 62.0 Å². The molecule has 2 aromatic heterocycles. The van der Waals surface area contributed by atoms with E-state index in [2.05, 4.69) is 26.5 Å². The summed E-state index contributed by atoms with van der Waals surface area (Å²) in [5.74, 6) is -0.0618. The lowest BCUT2D eigenvalue weighted by Crippen LogP contribution is -2.24. The first-order valence-corrected chi connectivity index (χ1v) is 14.8. The van der Waals surface area contributed by atoms with Crippen molar-refractivity contribution in [2.75, 3.05) is 12.4 Å². The van der Waals surface area contributed by atoms with Crippen LogP contribution in [-0.2, 0) is 17.6 Å². The van der Waals surface area contributed by atoms with Gasteiger partial charge in [0, 0.05) is 14.9 Å². The molecule has 196 valence electrons. The van der Waals surface area contributed by atoms with Crippen molar-refractivity contribution in [1.29, 1.82) is 0 Å². The molecule has 0 radical (unpaired) electrons. The van der Waals surface area contributed by atoms with Crippen molar-refractivity contribution in [2.24, 2.45) is 5.10 Å². The van der Waals surface area contributed by atoms with E-state index in [0.29, 0.717) is 34.1 Å². The number of benzene rings is 2. The van der Waals surface area contributed by atoms with E-state index in [9.17, 15) is 14.7 Å². The summed E-state index contributed by atoms with van der Waals surface area (Å²) in [7, 11) is 0. The first-order valence-electron chi connectivity index (χ1n) is 12.2. The van der Waals surface area contributed by atoms with Gasteiger partial charge in [-0.05, 0) is 74.6 Å². The fourth-order valence-electron chi connectivity index (χ4n) is 4.35. The Morgan fingerprint density at radius 2 is 2.05 bits per heavy atom. The zero-order valence-electron chi connectivity index (χ0n) is 20.6. The molecular formula is C27H25BrN4O4S2. The molecule has 0 bridgehead atoms. The van der Waals surface area contributed by atoms with Crippen LogP contribution in [0.5, 0.6) is 11.5 Å². The third-order valence-corrected chi connectivity index (χ3v) is 8.75. The number of para-hydroxylation sites is 1. The highest BCUT2D eigenvalue weighted by atomic mass is 79.9. The number of rotatable bonds is 8. The summed E-state index contributed by atoms with van der Waals surface area (Å²) in [6, 6.07) is 12.5. The molecule has 1 amide bonds. The minimum absolute atomic E-state index is 0.00186. The van der Waals surface area contributed by atoms with Gasteiger partial charge in [0.15, 0.2) is 16.7 Å². The van der Waals surface area contributed by atoms with Crippen LogP contribution >= 0.6 is 39.0 Å². The minimum atomic E-state index is -0.367. The molecule has 0 atom stereocenters. The number of hydrazone groups is 1. The van der Waals surface area contributed by atoms with Gasteiger partial charge in [0.05, 0.1) is 29.6 Å². The average molecular weight is 614 g/mol. The van der Waals surface area contributed by atoms with Gasteiger partial charge in [-0.1, -0.05) is 33.8 Å². The van der Waals surface area contributed by atoms with Crippen molar-refractivity contribution in [3.63, 3.8) is 0 Å². The standard InChI is InChI=1S/C27H25BrN4O4S2/c1-2-36-20-8-5-6-16(24(20)34)14-29-31-22(33)15-37-27-30-25-23(19-7-3-4-9-21(19)38-25)26(35)32(27)18-12-10-17(28)11-13-18/h5-6,8,10-14,34H,2-4,7,9,15H2,1H3,(H,31,33). The SMILES string of the molecule is CCOc1cccc(C=NNC(=O)CSc2nc3sc4c(c3c(=O)n2-c2ccc(Br)cc2)CCCC4)c1O. The molecule has 0 unspecified atom stereocenters. The lowest BCUT2D eigenvalue weighted by atomic mass is 9.97. The molecule has 1 aliphatic carbocycles. The Balaban J connectivity index is 1.39. The van der Waals surface area contributed by atoms with Crippen LogP contribution < -0.4 is 15.7 Å². The van der Waals surface area contributed by atoms with Gasteiger partial charge in [-0.25, -0.2) is 10.4 Å². The van der Waals surface area contributed by atoms with Gasteiger partial charge in [0.25, 0.3) is 11.5 Å². The summed E-state index contributed by atoms with van der Waals surface area (Å²) in [6.45, 7) is 2.25. The fourth-order valence-corrected chi connectivity index (χ4v) is 6.72. The van der Waals surface area contributed by atoms with E-state index in [4.69, 9.17) is 9.72 Å². The van der Waals surface area contributed by atoms with E-state index in [-0.39, 0.29) is 23.0 Å². The smallest absolute Gasteiger partial charge is 0.267 e. The number of nitrogens with zero attached hydrogens (tertiary/aromatic N) is 3. The molecule has 2 aromatic carbocycles. The topological polar surface area (TPSA) is 106 Å². The van der Waals surface area contributed by atoms with Crippen LogP contribution in [0.25, 0.3) is 15.9 Å². The van der Waals surface area contributed by atoms with Gasteiger partial charge >= 0.3 is 0 Å². The molecule has 11 heteroatoms. The number of nitrogens with one attached hydrogen (secondary N) is 1. The number of phenolic OH excluding ortho intramolecular Hbond substituents is 1. The van der Waals surface area contributed by atoms with Crippen molar-refractivity contribution >= 4 is 61.4 Å². The highest BCUT2D eigenvalue weighted by molar-refractivity contribution is 9.10. The second kappa shape index (κ2) is 11.7. The number of thioether (sulfide) groups is 1. The van der Waals surface area contributed by atoms with Gasteiger partial charge in [-0.2, -0.15) is 5.10 Å². The number of aromatic hydroxyl groups is 1. The Bertz CT molecular complexity index is 1580. The van der Waals surface area contributed by atoms with Crippen LogP contribution in [0, 0.1) is 0 Å². The zero-order chi connectivity index (χ0) is 26.6. The number of aryl methyl sites for hydroxylation is 2. The highest BCUT2D eigenvalue weighted by Crippen LogP contribution is 2.35. The van der Waals surface area contributed by atoms with Crippen LogP contribution in [0.1, 0.15) is 35.8 Å². The molecule has 0 spiro atoms. The summed E-state index contributed by atoms with van der Waals surface area (Å²) in [5.41, 5.74) is 4.60. The van der Waals surface area contributed by atoms with E-state index in [1.165, 1.54) is 22.9 Å². The molecular weight excluding hydrogens is 588 g/mol. The molecule has 4 aromatic rings. The van der Waals surface area contributed by atoms with Gasteiger partial charge < -0.3 is 9.84 Å². The Morgan fingerprint density at radius 1 is 1.26 bits per heavy atom. The summed E-state index contributed by atoms with van der Waals surface area (Å²) in [6.07, 6.45) is 5.42. The molecule has 0 saturated carbocycles. The van der Waals surface area contributed by atoms with E-state index >= 15 is 0 Å². The van der Waals surface area contributed by atoms with E-state index in [1.54, 1.807) is 34.1 Å². The number of hydrogen-bond acceptors (Lipinski definition) is 8. The third kappa shape index (κ3) is 5.50. The van der Waals surface area contributed by atoms with Crippen LogP contribution in [0.4, 0.5) is 0 Å². The number of hydrogen-bond donors (Lipinski definition) is 2. The minimum Gasteiger partial charge on any atom is -0.504 e. The highest BCUT2D eigenvalue weighted by Gasteiger charge is 2.23. The Kier molecular flexibility index (Phi) is 8.15. The Morgan fingerprint density at radius 3 is 2.84 bits per heavy atom. The first-order chi connectivity index (χ1) is 18.5. The van der Waals surface area contributed by atoms with Crippen molar-refractivity contribution in [3.05, 3.63) is 73.3 Å². The zero-order valence-corrected chi connectivity index (χ0v) is 23.8. The van der Waals surface area contributed by atoms with E-state index in [1.807, 2.05) is 31.2 Å². The van der Waals surface area contributed by atoms with E-state index < -0.39 is 0 Å². The second-order valence-electron chi connectivity index (χ2n) is 8.61. The van der Waals surface area contributed by atoms with Crippen LogP contribution in [-0.4, -0.2) is 39.1 Å². The average Bonchev–Trinajstić information content (AvgIpc) is 3.29. The molecule has 0 saturated heterocycles. The number of fused-ring (bicyclic) bond motifs is 3. The maximum absolute atomic E-state index is 13.8. The summed E-state index contributed by atoms with van der Waals surface area (Å²) >= 11 is 6.21. The van der Waals surface area contributed by atoms with E-state index in [0.717, 1.165) is 40.5 Å². The van der Waals surface area contributed by atoms with Crippen molar-refractivity contribution in [3.8, 4) is 17.2 Å². The number of halogens is 1. The number of ether oxygens (including phenoxy) is 1. The number of thiophene rings is 1. The predicted octanol–water partition coefficient (Wildman–Crippen LogP) is 5.44. The maximum Gasteiger partial charge on any atom is 0.267 e. The third-order valence-electron chi connectivity index (χ3n) is 6.10. The number of aromatic nitrogens is 2. The van der Waals surface area contributed by atoms with Crippen molar-refractivity contribution in [2.45, 2.75) is 37.8 Å². The van der Waals surface area contributed by atoms with Gasteiger partial charge in [-0.15, -0.1) is 11.3 Å². The Labute approximate surface area is 235 Å². The lowest BCUT2D eigenvalue weighted by molar-refractivity contribution is -0.118. The largest absolute Gasteiger partial charge is 0.504 e. The molecule has 5 rings (SSSR count). The molecule has 0 aliphatic heterocycles. The normalized spacial score (nSPS) is 13.1. The number of carbonyl (C=O) groups is 1. The predicted molar refractivity (Wildman–Crippen MR) is 155 cm³/mol. The molecule has 38 heavy (non-hydrogen) atoms. The fraction of sp³-hybridized carbons (Fsp3) is 0.259. The lowest BCUT2D eigenvalue weighted by Gasteiger charge is -2.13. The van der Waals surface area contributed by atoms with Crippen LogP contribution in [0.2, 0.25) is 0 Å². The summed E-state index contributed by atoms with van der Waals surface area (Å²) in [4.78, 5) is 33.2. The molecule has 2 N–H and O–H groups in total. The quantitative estimate of drug-likeness (QED) is 0.119. The molecule has 8 nitrogen and oxygen atoms in total. The van der Waals surface area contributed by atoms with Gasteiger partial charge in [0.2, 0.25) is 0 Å². The van der Waals surface area contributed by atoms with Crippen molar-refractivity contribution in [1.82, 2.24) is 15.0 Å². The summed E-state index contributed by atoms with van der Waals surface area (Å²) in [5, 5.41) is 15.4. The molecule has 2 heterocycles.